The van der Waals surface area contributed by atoms with Crippen molar-refractivity contribution in [3.8, 4) is 0 Å². The van der Waals surface area contributed by atoms with Gasteiger partial charge in [-0.05, 0) is 57.4 Å². The predicted molar refractivity (Wildman–Crippen MR) is 108 cm³/mol. The first-order valence-corrected chi connectivity index (χ1v) is 9.73. The zero-order chi connectivity index (χ0) is 20.5. The molecule has 3 aromatic rings. The summed E-state index contributed by atoms with van der Waals surface area (Å²) in [4.78, 5) is 24.0. The van der Waals surface area contributed by atoms with E-state index in [0.717, 1.165) is 37.1 Å². The second-order valence-electron chi connectivity index (χ2n) is 7.47. The van der Waals surface area contributed by atoms with Crippen molar-refractivity contribution < 1.29 is 13.6 Å². The number of pyridine rings is 2. The van der Waals surface area contributed by atoms with Gasteiger partial charge in [-0.3, -0.25) is 4.79 Å². The van der Waals surface area contributed by atoms with Crippen molar-refractivity contribution in [2.75, 3.05) is 11.9 Å². The van der Waals surface area contributed by atoms with Gasteiger partial charge in [0.1, 0.15) is 0 Å². The molecule has 1 aliphatic heterocycles. The molecular weight excluding hydrogens is 374 g/mol. The topological polar surface area (TPSA) is 58.1 Å². The summed E-state index contributed by atoms with van der Waals surface area (Å²) in [6.07, 6.45) is 4.54. The Morgan fingerprint density at radius 2 is 2.00 bits per heavy atom. The van der Waals surface area contributed by atoms with E-state index in [-0.39, 0.29) is 11.9 Å². The summed E-state index contributed by atoms with van der Waals surface area (Å²) in [6, 6.07) is 7.36. The average molecular weight is 396 g/mol. The summed E-state index contributed by atoms with van der Waals surface area (Å²) in [6.45, 7) is 4.59. The summed E-state index contributed by atoms with van der Waals surface area (Å²) in [7, 11) is 0. The van der Waals surface area contributed by atoms with E-state index in [1.165, 1.54) is 12.3 Å². The van der Waals surface area contributed by atoms with Crippen molar-refractivity contribution >= 4 is 28.3 Å². The minimum Gasteiger partial charge on any atom is -0.354 e. The molecule has 1 atom stereocenters. The van der Waals surface area contributed by atoms with Gasteiger partial charge in [-0.1, -0.05) is 0 Å². The number of carbonyl (C=O) groups excluding carboxylic acids is 1. The van der Waals surface area contributed by atoms with Crippen LogP contribution in [-0.2, 0) is 0 Å². The molecule has 1 aromatic carbocycles. The highest BCUT2D eigenvalue weighted by Crippen LogP contribution is 2.31. The average Bonchev–Trinajstić information content (AvgIpc) is 2.70. The SMILES string of the molecule is Cc1ccc2c(Nc3ccc(F)c(F)c3)c(C(=O)N3CCCC[C@H]3C)cnc2n1. The first-order chi connectivity index (χ1) is 13.9. The van der Waals surface area contributed by atoms with E-state index < -0.39 is 11.6 Å². The Labute approximate surface area is 167 Å². The van der Waals surface area contributed by atoms with Crippen LogP contribution in [0.3, 0.4) is 0 Å². The van der Waals surface area contributed by atoms with Gasteiger partial charge in [-0.15, -0.1) is 0 Å². The van der Waals surface area contributed by atoms with Gasteiger partial charge < -0.3 is 10.2 Å². The summed E-state index contributed by atoms with van der Waals surface area (Å²) < 4.78 is 27.1. The number of aromatic nitrogens is 2. The van der Waals surface area contributed by atoms with Crippen LogP contribution >= 0.6 is 0 Å². The minimum absolute atomic E-state index is 0.128. The lowest BCUT2D eigenvalue weighted by molar-refractivity contribution is 0.0636. The van der Waals surface area contributed by atoms with Gasteiger partial charge >= 0.3 is 0 Å². The predicted octanol–water partition coefficient (Wildman–Crippen LogP) is 4.97. The van der Waals surface area contributed by atoms with Crippen molar-refractivity contribution in [3.63, 3.8) is 0 Å². The molecule has 29 heavy (non-hydrogen) atoms. The van der Waals surface area contributed by atoms with Crippen LogP contribution in [0.15, 0.2) is 36.5 Å². The molecule has 0 saturated carbocycles. The molecule has 0 radical (unpaired) electrons. The van der Waals surface area contributed by atoms with Crippen molar-refractivity contribution in [1.29, 1.82) is 0 Å². The minimum atomic E-state index is -0.958. The molecule has 0 spiro atoms. The van der Waals surface area contributed by atoms with Crippen molar-refractivity contribution in [1.82, 2.24) is 14.9 Å². The Kier molecular flexibility index (Phi) is 5.13. The van der Waals surface area contributed by atoms with Crippen LogP contribution in [0.5, 0.6) is 0 Å². The lowest BCUT2D eigenvalue weighted by Gasteiger charge is -2.34. The highest BCUT2D eigenvalue weighted by Gasteiger charge is 2.27. The lowest BCUT2D eigenvalue weighted by Crippen LogP contribution is -2.42. The molecule has 5 nitrogen and oxygen atoms in total. The highest BCUT2D eigenvalue weighted by atomic mass is 19.2. The number of anilines is 2. The number of hydrogen-bond donors (Lipinski definition) is 1. The fraction of sp³-hybridized carbons (Fsp3) is 0.318. The summed E-state index contributed by atoms with van der Waals surface area (Å²) in [5.41, 5.74) is 2.52. The molecular formula is C22H22F2N4O. The number of carbonyl (C=O) groups is 1. The Bertz CT molecular complexity index is 1090. The van der Waals surface area contributed by atoms with Gasteiger partial charge in [0.05, 0.1) is 11.3 Å². The number of aryl methyl sites for hydroxylation is 1. The van der Waals surface area contributed by atoms with Crippen LogP contribution in [0.2, 0.25) is 0 Å². The number of fused-ring (bicyclic) bond motifs is 1. The van der Waals surface area contributed by atoms with E-state index in [2.05, 4.69) is 15.3 Å². The fourth-order valence-corrected chi connectivity index (χ4v) is 3.74. The van der Waals surface area contributed by atoms with Crippen molar-refractivity contribution in [3.05, 3.63) is 59.4 Å². The third kappa shape index (κ3) is 3.77. The number of rotatable bonds is 3. The zero-order valence-corrected chi connectivity index (χ0v) is 16.4. The summed E-state index contributed by atoms with van der Waals surface area (Å²) >= 11 is 0. The lowest BCUT2D eigenvalue weighted by atomic mass is 10.0. The Morgan fingerprint density at radius 1 is 1.17 bits per heavy atom. The van der Waals surface area contributed by atoms with E-state index in [9.17, 15) is 13.6 Å². The van der Waals surface area contributed by atoms with E-state index in [0.29, 0.717) is 34.5 Å². The Hall–Kier alpha value is -3.09. The number of nitrogens with one attached hydrogen (secondary N) is 1. The maximum Gasteiger partial charge on any atom is 0.257 e. The van der Waals surface area contributed by atoms with Gasteiger partial charge in [-0.25, -0.2) is 18.7 Å². The quantitative estimate of drug-likeness (QED) is 0.679. The highest BCUT2D eigenvalue weighted by molar-refractivity contribution is 6.07. The number of nitrogens with zero attached hydrogens (tertiary/aromatic N) is 3. The van der Waals surface area contributed by atoms with Crippen LogP contribution in [0.4, 0.5) is 20.2 Å². The second kappa shape index (κ2) is 7.73. The molecule has 1 saturated heterocycles. The van der Waals surface area contributed by atoms with Gasteiger partial charge in [0, 0.05) is 41.6 Å². The summed E-state index contributed by atoms with van der Waals surface area (Å²) in [5.74, 6) is -2.01. The first-order valence-electron chi connectivity index (χ1n) is 9.73. The molecule has 2 aromatic heterocycles. The molecule has 1 aliphatic rings. The monoisotopic (exact) mass is 396 g/mol. The van der Waals surface area contributed by atoms with Crippen molar-refractivity contribution in [2.24, 2.45) is 0 Å². The van der Waals surface area contributed by atoms with E-state index in [1.807, 2.05) is 30.9 Å². The first kappa shape index (κ1) is 19.2. The molecule has 1 amide bonds. The molecule has 7 heteroatoms. The van der Waals surface area contributed by atoms with E-state index in [1.54, 1.807) is 0 Å². The number of halogens is 2. The molecule has 4 rings (SSSR count). The maximum absolute atomic E-state index is 13.7. The molecule has 0 aliphatic carbocycles. The normalized spacial score (nSPS) is 16.8. The smallest absolute Gasteiger partial charge is 0.257 e. The number of amides is 1. The molecule has 1 fully saturated rings. The molecule has 3 heterocycles. The van der Waals surface area contributed by atoms with Crippen molar-refractivity contribution in [2.45, 2.75) is 39.2 Å². The van der Waals surface area contributed by atoms with Crippen LogP contribution in [0, 0.1) is 18.6 Å². The molecule has 150 valence electrons. The third-order valence-electron chi connectivity index (χ3n) is 5.35. The fourth-order valence-electron chi connectivity index (χ4n) is 3.74. The van der Waals surface area contributed by atoms with Gasteiger partial charge in [0.25, 0.3) is 5.91 Å². The number of hydrogen-bond acceptors (Lipinski definition) is 4. The number of piperidine rings is 1. The number of benzene rings is 1. The van der Waals surface area contributed by atoms with E-state index >= 15 is 0 Å². The van der Waals surface area contributed by atoms with Gasteiger partial charge in [0.2, 0.25) is 0 Å². The number of likely N-dealkylation sites (tertiary alicyclic amines) is 1. The molecule has 1 N–H and O–H groups in total. The Balaban J connectivity index is 1.82. The maximum atomic E-state index is 13.7. The van der Waals surface area contributed by atoms with Crippen LogP contribution in [0.1, 0.15) is 42.2 Å². The van der Waals surface area contributed by atoms with Crippen LogP contribution in [-0.4, -0.2) is 33.4 Å². The van der Waals surface area contributed by atoms with E-state index in [4.69, 9.17) is 0 Å². The third-order valence-corrected chi connectivity index (χ3v) is 5.35. The Morgan fingerprint density at radius 3 is 2.76 bits per heavy atom. The standard InChI is InChI=1S/C22H22F2N4O/c1-13-6-8-16-20(27-15-7-9-18(23)19(24)11-15)17(12-25-21(16)26-13)22(29)28-10-4-3-5-14(28)2/h6-9,11-12,14H,3-5,10H2,1-2H3,(H,25,26,27)/t14-/m1/s1. The van der Waals surface area contributed by atoms with Gasteiger partial charge in [-0.2, -0.15) is 0 Å². The molecule has 0 bridgehead atoms. The summed E-state index contributed by atoms with van der Waals surface area (Å²) in [5, 5.41) is 3.75. The van der Waals surface area contributed by atoms with Crippen LogP contribution < -0.4 is 5.32 Å². The van der Waals surface area contributed by atoms with Crippen LogP contribution in [0.25, 0.3) is 11.0 Å². The zero-order valence-electron chi connectivity index (χ0n) is 16.4. The van der Waals surface area contributed by atoms with Gasteiger partial charge in [0.15, 0.2) is 17.3 Å². The second-order valence-corrected chi connectivity index (χ2v) is 7.47. The largest absolute Gasteiger partial charge is 0.354 e. The molecule has 0 unspecified atom stereocenters.